The highest BCUT2D eigenvalue weighted by Crippen LogP contribution is 2.27. The number of carbonyl (C=O) groups is 1. The number of hydrogen-bond donors (Lipinski definition) is 3. The number of anilines is 1. The van der Waals surface area contributed by atoms with Crippen LogP contribution in [0.2, 0.25) is 5.02 Å². The van der Waals surface area contributed by atoms with Crippen LogP contribution in [0.1, 0.15) is 25.7 Å². The maximum absolute atomic E-state index is 12.3. The van der Waals surface area contributed by atoms with Gasteiger partial charge in [0.25, 0.3) is 0 Å². The fourth-order valence-electron chi connectivity index (χ4n) is 2.54. The normalized spacial score (nSPS) is 22.9. The molecule has 0 unspecified atom stereocenters. The molecule has 0 aliphatic heterocycles. The molecule has 1 aromatic carbocycles. The van der Waals surface area contributed by atoms with E-state index >= 15 is 0 Å². The van der Waals surface area contributed by atoms with Gasteiger partial charge < -0.3 is 11.5 Å². The molecule has 6 nitrogen and oxygen atoms in total. The van der Waals surface area contributed by atoms with E-state index in [1.807, 2.05) is 0 Å². The predicted octanol–water partition coefficient (Wildman–Crippen LogP) is 1.24. The monoisotopic (exact) mass is 331 g/mol. The zero-order chi connectivity index (χ0) is 15.6. The van der Waals surface area contributed by atoms with E-state index in [1.54, 1.807) is 0 Å². The molecule has 0 atom stereocenters. The second-order valence-corrected chi connectivity index (χ2v) is 7.37. The van der Waals surface area contributed by atoms with Gasteiger partial charge in [0, 0.05) is 17.0 Å². The Morgan fingerprint density at radius 1 is 1.24 bits per heavy atom. The molecule has 1 aliphatic rings. The minimum atomic E-state index is -3.69. The Bertz CT molecular complexity index is 640. The summed E-state index contributed by atoms with van der Waals surface area (Å²) in [7, 11) is -3.69. The number of nitrogens with one attached hydrogen (secondary N) is 1. The van der Waals surface area contributed by atoms with Crippen LogP contribution >= 0.6 is 11.6 Å². The molecule has 21 heavy (non-hydrogen) atoms. The van der Waals surface area contributed by atoms with Crippen LogP contribution in [0, 0.1) is 5.92 Å². The molecule has 0 radical (unpaired) electrons. The summed E-state index contributed by atoms with van der Waals surface area (Å²) >= 11 is 5.77. The number of nitrogen functional groups attached to an aromatic ring is 1. The van der Waals surface area contributed by atoms with Crippen molar-refractivity contribution in [2.75, 3.05) is 5.73 Å². The third kappa shape index (κ3) is 3.87. The summed E-state index contributed by atoms with van der Waals surface area (Å²) in [4.78, 5) is 11.1. The van der Waals surface area contributed by atoms with E-state index in [9.17, 15) is 13.2 Å². The van der Waals surface area contributed by atoms with Crippen LogP contribution in [0.15, 0.2) is 23.1 Å². The molecule has 1 amide bonds. The minimum Gasteiger partial charge on any atom is -0.398 e. The largest absolute Gasteiger partial charge is 0.398 e. The lowest BCUT2D eigenvalue weighted by Crippen LogP contribution is -2.39. The molecule has 0 heterocycles. The SMILES string of the molecule is NC(=O)C1CCC(NS(=O)(=O)c2ccc(Cl)cc2N)CC1. The standard InChI is InChI=1S/C13H18ClN3O3S/c14-9-3-6-12(11(15)7-9)21(19,20)17-10-4-1-8(2-5-10)13(16)18/h3,6-8,10,17H,1-2,4-5,15H2,(H2,16,18). The summed E-state index contributed by atoms with van der Waals surface area (Å²) in [6.45, 7) is 0. The van der Waals surface area contributed by atoms with Gasteiger partial charge >= 0.3 is 0 Å². The van der Waals surface area contributed by atoms with Gasteiger partial charge in [0.15, 0.2) is 0 Å². The molecule has 1 aliphatic carbocycles. The molecular formula is C13H18ClN3O3S. The zero-order valence-corrected chi connectivity index (χ0v) is 13.0. The number of sulfonamides is 1. The van der Waals surface area contributed by atoms with Gasteiger partial charge in [-0.3, -0.25) is 4.79 Å². The molecule has 8 heteroatoms. The first-order valence-corrected chi connectivity index (χ1v) is 8.52. The molecule has 1 aromatic rings. The zero-order valence-electron chi connectivity index (χ0n) is 11.4. The number of hydrogen-bond acceptors (Lipinski definition) is 4. The van der Waals surface area contributed by atoms with Gasteiger partial charge in [-0.15, -0.1) is 0 Å². The van der Waals surface area contributed by atoms with Crippen LogP contribution in [0.3, 0.4) is 0 Å². The summed E-state index contributed by atoms with van der Waals surface area (Å²) in [5.74, 6) is -0.482. The first kappa shape index (κ1) is 16.1. The number of nitrogens with two attached hydrogens (primary N) is 2. The first-order valence-electron chi connectivity index (χ1n) is 6.66. The van der Waals surface area contributed by atoms with Gasteiger partial charge in [-0.1, -0.05) is 11.6 Å². The molecule has 1 saturated carbocycles. The third-order valence-corrected chi connectivity index (χ3v) is 5.54. The lowest BCUT2D eigenvalue weighted by atomic mass is 9.86. The van der Waals surface area contributed by atoms with Gasteiger partial charge in [0.05, 0.1) is 5.69 Å². The summed E-state index contributed by atoms with van der Waals surface area (Å²) in [6, 6.07) is 4.06. The molecule has 116 valence electrons. The molecule has 1 fully saturated rings. The Labute approximate surface area is 128 Å². The minimum absolute atomic E-state index is 0.0175. The number of primary amides is 1. The smallest absolute Gasteiger partial charge is 0.242 e. The Morgan fingerprint density at radius 2 is 1.86 bits per heavy atom. The second kappa shape index (κ2) is 6.21. The van der Waals surface area contributed by atoms with Crippen molar-refractivity contribution >= 4 is 33.2 Å². The van der Waals surface area contributed by atoms with Gasteiger partial charge in [-0.2, -0.15) is 0 Å². The number of carbonyl (C=O) groups excluding carboxylic acids is 1. The predicted molar refractivity (Wildman–Crippen MR) is 81.1 cm³/mol. The lowest BCUT2D eigenvalue weighted by molar-refractivity contribution is -0.122. The van der Waals surface area contributed by atoms with Crippen LogP contribution < -0.4 is 16.2 Å². The van der Waals surface area contributed by atoms with Crippen LogP contribution in [-0.2, 0) is 14.8 Å². The molecule has 2 rings (SSSR count). The van der Waals surface area contributed by atoms with Gasteiger partial charge in [0.2, 0.25) is 15.9 Å². The molecular weight excluding hydrogens is 314 g/mol. The summed E-state index contributed by atoms with van der Waals surface area (Å²) in [6.07, 6.45) is 2.36. The van der Waals surface area contributed by atoms with E-state index in [2.05, 4.69) is 4.72 Å². The van der Waals surface area contributed by atoms with E-state index < -0.39 is 10.0 Å². The van der Waals surface area contributed by atoms with Crippen LogP contribution in [0.25, 0.3) is 0 Å². The average molecular weight is 332 g/mol. The number of benzene rings is 1. The summed E-state index contributed by atoms with van der Waals surface area (Å²) < 4.78 is 27.3. The maximum atomic E-state index is 12.3. The van der Waals surface area contributed by atoms with E-state index in [-0.39, 0.29) is 28.4 Å². The van der Waals surface area contributed by atoms with Crippen molar-refractivity contribution in [3.63, 3.8) is 0 Å². The van der Waals surface area contributed by atoms with Crippen molar-refractivity contribution < 1.29 is 13.2 Å². The molecule has 0 bridgehead atoms. The van der Waals surface area contributed by atoms with Gasteiger partial charge in [-0.05, 0) is 43.9 Å². The van der Waals surface area contributed by atoms with Gasteiger partial charge in [-0.25, -0.2) is 13.1 Å². The van der Waals surface area contributed by atoms with E-state index in [1.165, 1.54) is 18.2 Å². The van der Waals surface area contributed by atoms with E-state index in [0.29, 0.717) is 30.7 Å². The molecule has 0 spiro atoms. The summed E-state index contributed by atoms with van der Waals surface area (Å²) in [5.41, 5.74) is 11.1. The fraction of sp³-hybridized carbons (Fsp3) is 0.462. The number of rotatable bonds is 4. The van der Waals surface area contributed by atoms with Crippen molar-refractivity contribution in [3.8, 4) is 0 Å². The Morgan fingerprint density at radius 3 is 2.38 bits per heavy atom. The number of halogens is 1. The van der Waals surface area contributed by atoms with Crippen molar-refractivity contribution in [2.45, 2.75) is 36.6 Å². The molecule has 0 saturated heterocycles. The quantitative estimate of drug-likeness (QED) is 0.720. The molecule has 5 N–H and O–H groups in total. The highest BCUT2D eigenvalue weighted by Gasteiger charge is 2.28. The van der Waals surface area contributed by atoms with Crippen molar-refractivity contribution in [3.05, 3.63) is 23.2 Å². The highest BCUT2D eigenvalue weighted by atomic mass is 35.5. The Kier molecular flexibility index (Phi) is 4.75. The second-order valence-electron chi connectivity index (χ2n) is 5.25. The highest BCUT2D eigenvalue weighted by molar-refractivity contribution is 7.89. The topological polar surface area (TPSA) is 115 Å². The van der Waals surface area contributed by atoms with Crippen LogP contribution in [0.5, 0.6) is 0 Å². The van der Waals surface area contributed by atoms with Crippen molar-refractivity contribution in [2.24, 2.45) is 11.7 Å². The van der Waals surface area contributed by atoms with Crippen LogP contribution in [0.4, 0.5) is 5.69 Å². The number of amides is 1. The fourth-order valence-corrected chi connectivity index (χ4v) is 4.14. The molecule has 0 aromatic heterocycles. The maximum Gasteiger partial charge on any atom is 0.242 e. The van der Waals surface area contributed by atoms with Gasteiger partial charge in [0.1, 0.15) is 4.90 Å². The Balaban J connectivity index is 2.07. The average Bonchev–Trinajstić information content (AvgIpc) is 2.38. The lowest BCUT2D eigenvalue weighted by Gasteiger charge is -2.27. The van der Waals surface area contributed by atoms with Crippen molar-refractivity contribution in [1.82, 2.24) is 4.72 Å². The third-order valence-electron chi connectivity index (χ3n) is 3.71. The first-order chi connectivity index (χ1) is 9.79. The summed E-state index contributed by atoms with van der Waals surface area (Å²) in [5, 5.41) is 0.383. The Hall–Kier alpha value is -1.31. The van der Waals surface area contributed by atoms with Crippen molar-refractivity contribution in [1.29, 1.82) is 0 Å². The van der Waals surface area contributed by atoms with E-state index in [4.69, 9.17) is 23.1 Å². The van der Waals surface area contributed by atoms with E-state index in [0.717, 1.165) is 0 Å². The van der Waals surface area contributed by atoms with Crippen LogP contribution in [-0.4, -0.2) is 20.4 Å².